The second kappa shape index (κ2) is 8.68. The Labute approximate surface area is 185 Å². The molecule has 0 aliphatic rings. The molecule has 0 spiro atoms. The average molecular weight is 457 g/mol. The summed E-state index contributed by atoms with van der Waals surface area (Å²) in [6.45, 7) is 0. The van der Waals surface area contributed by atoms with Crippen molar-refractivity contribution in [2.24, 2.45) is 0 Å². The van der Waals surface area contributed by atoms with E-state index in [1.165, 1.54) is 42.1 Å². The molecule has 32 heavy (non-hydrogen) atoms. The molecule has 6 nitrogen and oxygen atoms in total. The van der Waals surface area contributed by atoms with E-state index >= 15 is 0 Å². The number of rotatable bonds is 4. The van der Waals surface area contributed by atoms with E-state index in [9.17, 15) is 18.4 Å². The zero-order valence-corrected chi connectivity index (χ0v) is 17.3. The first-order chi connectivity index (χ1) is 15.4. The first kappa shape index (κ1) is 21.3. The molecule has 0 aliphatic heterocycles. The SMILES string of the molecule is COC(=O)Nc1ccc(Oc2c(F)cccc2F)c(-n2cc(Cl)c(=O)c3ccccc32)c1. The molecule has 1 amide bonds. The number of pyridine rings is 1. The van der Waals surface area contributed by atoms with Gasteiger partial charge in [0.15, 0.2) is 23.1 Å². The van der Waals surface area contributed by atoms with E-state index in [0.717, 1.165) is 12.1 Å². The van der Waals surface area contributed by atoms with E-state index in [4.69, 9.17) is 16.3 Å². The largest absolute Gasteiger partial charge is 0.453 e. The number of ether oxygens (including phenoxy) is 2. The van der Waals surface area contributed by atoms with Crippen molar-refractivity contribution >= 4 is 34.3 Å². The summed E-state index contributed by atoms with van der Waals surface area (Å²) in [7, 11) is 1.21. The number of anilines is 1. The van der Waals surface area contributed by atoms with Gasteiger partial charge in [0.2, 0.25) is 5.43 Å². The molecule has 0 atom stereocenters. The smallest absolute Gasteiger partial charge is 0.411 e. The number of halogens is 3. The van der Waals surface area contributed by atoms with Crippen molar-refractivity contribution in [3.63, 3.8) is 0 Å². The number of aromatic nitrogens is 1. The summed E-state index contributed by atoms with van der Waals surface area (Å²) in [5, 5.41) is 2.77. The minimum atomic E-state index is -0.893. The first-order valence-electron chi connectivity index (χ1n) is 9.30. The number of benzene rings is 3. The van der Waals surface area contributed by atoms with Gasteiger partial charge in [0.05, 0.1) is 18.3 Å². The summed E-state index contributed by atoms with van der Waals surface area (Å²) in [5.41, 5.74) is 0.674. The first-order valence-corrected chi connectivity index (χ1v) is 9.68. The van der Waals surface area contributed by atoms with Gasteiger partial charge in [0.25, 0.3) is 0 Å². The maximum Gasteiger partial charge on any atom is 0.411 e. The Bertz CT molecular complexity index is 1380. The molecule has 4 rings (SSSR count). The second-order valence-corrected chi connectivity index (χ2v) is 7.05. The van der Waals surface area contributed by atoms with Crippen molar-refractivity contribution in [2.45, 2.75) is 0 Å². The molecule has 9 heteroatoms. The van der Waals surface area contributed by atoms with Gasteiger partial charge in [-0.2, -0.15) is 0 Å². The molecule has 0 bridgehead atoms. The van der Waals surface area contributed by atoms with Crippen molar-refractivity contribution in [3.8, 4) is 17.2 Å². The normalized spacial score (nSPS) is 10.8. The van der Waals surface area contributed by atoms with Crippen LogP contribution in [0.4, 0.5) is 19.3 Å². The number of para-hydroxylation sites is 2. The zero-order chi connectivity index (χ0) is 22.8. The number of fused-ring (bicyclic) bond motifs is 1. The lowest BCUT2D eigenvalue weighted by atomic mass is 10.1. The third-order valence-electron chi connectivity index (χ3n) is 4.65. The van der Waals surface area contributed by atoms with E-state index < -0.39 is 23.5 Å². The summed E-state index contributed by atoms with van der Waals surface area (Å²) < 4.78 is 40.2. The third kappa shape index (κ3) is 4.00. The molecule has 1 heterocycles. The summed E-state index contributed by atoms with van der Waals surface area (Å²) in [4.78, 5) is 24.2. The average Bonchev–Trinajstić information content (AvgIpc) is 2.79. The van der Waals surface area contributed by atoms with Gasteiger partial charge in [-0.1, -0.05) is 29.8 Å². The number of amides is 1. The molecule has 4 aromatic rings. The van der Waals surface area contributed by atoms with Crippen LogP contribution in [0, 0.1) is 11.6 Å². The molecule has 0 saturated carbocycles. The number of hydrogen-bond donors (Lipinski definition) is 1. The highest BCUT2D eigenvalue weighted by molar-refractivity contribution is 6.31. The Balaban J connectivity index is 1.96. The molecule has 0 aliphatic carbocycles. The number of hydrogen-bond acceptors (Lipinski definition) is 4. The Hall–Kier alpha value is -3.91. The van der Waals surface area contributed by atoms with Gasteiger partial charge in [-0.15, -0.1) is 0 Å². The van der Waals surface area contributed by atoms with E-state index in [0.29, 0.717) is 16.6 Å². The number of carbonyl (C=O) groups is 1. The quantitative estimate of drug-likeness (QED) is 0.415. The molecule has 0 fully saturated rings. The predicted molar refractivity (Wildman–Crippen MR) is 117 cm³/mol. The molecule has 0 unspecified atom stereocenters. The molecule has 3 aromatic carbocycles. The minimum Gasteiger partial charge on any atom is -0.453 e. The molecular formula is C23H15ClF2N2O4. The van der Waals surface area contributed by atoms with Crippen molar-refractivity contribution in [2.75, 3.05) is 12.4 Å². The molecule has 1 N–H and O–H groups in total. The topological polar surface area (TPSA) is 69.6 Å². The number of carbonyl (C=O) groups excluding carboxylic acids is 1. The van der Waals surface area contributed by atoms with Crippen LogP contribution in [-0.4, -0.2) is 17.8 Å². The summed E-state index contributed by atoms with van der Waals surface area (Å²) in [6.07, 6.45) is 0.654. The lowest BCUT2D eigenvalue weighted by molar-refractivity contribution is 0.187. The number of nitrogens with one attached hydrogen (secondary N) is 1. The van der Waals surface area contributed by atoms with Crippen molar-refractivity contribution in [1.29, 1.82) is 0 Å². The summed E-state index contributed by atoms with van der Waals surface area (Å²) in [6, 6.07) is 14.4. The molecule has 0 radical (unpaired) electrons. The molecular weight excluding hydrogens is 442 g/mol. The zero-order valence-electron chi connectivity index (χ0n) is 16.6. The maximum absolute atomic E-state index is 14.2. The van der Waals surface area contributed by atoms with Crippen LogP contribution in [-0.2, 0) is 4.74 Å². The fraction of sp³-hybridized carbons (Fsp3) is 0.0435. The van der Waals surface area contributed by atoms with Crippen molar-refractivity contribution < 1.29 is 23.0 Å². The monoisotopic (exact) mass is 456 g/mol. The lowest BCUT2D eigenvalue weighted by Crippen LogP contribution is -2.12. The van der Waals surface area contributed by atoms with Crippen LogP contribution in [0.2, 0.25) is 5.02 Å². The fourth-order valence-electron chi connectivity index (χ4n) is 3.17. The van der Waals surface area contributed by atoms with Crippen LogP contribution in [0.3, 0.4) is 0 Å². The van der Waals surface area contributed by atoms with Gasteiger partial charge < -0.3 is 14.0 Å². The fourth-order valence-corrected chi connectivity index (χ4v) is 3.37. The van der Waals surface area contributed by atoms with Crippen LogP contribution in [0.25, 0.3) is 16.6 Å². The van der Waals surface area contributed by atoms with Crippen LogP contribution in [0.15, 0.2) is 71.7 Å². The second-order valence-electron chi connectivity index (χ2n) is 6.65. The van der Waals surface area contributed by atoms with Gasteiger partial charge in [-0.3, -0.25) is 10.1 Å². The summed E-state index contributed by atoms with van der Waals surface area (Å²) >= 11 is 6.17. The van der Waals surface area contributed by atoms with Gasteiger partial charge in [0, 0.05) is 17.3 Å². The predicted octanol–water partition coefficient (Wildman–Crippen LogP) is 5.89. The van der Waals surface area contributed by atoms with E-state index in [1.54, 1.807) is 24.3 Å². The standard InChI is InChI=1S/C23H15ClF2N2O4/c1-31-23(30)27-13-9-10-20(32-22-16(25)6-4-7-17(22)26)19(11-13)28-12-15(24)21(29)14-5-2-3-8-18(14)28/h2-12H,1H3,(H,27,30). The Morgan fingerprint density at radius 2 is 1.75 bits per heavy atom. The lowest BCUT2D eigenvalue weighted by Gasteiger charge is -2.18. The van der Waals surface area contributed by atoms with Crippen LogP contribution in [0.5, 0.6) is 11.5 Å². The van der Waals surface area contributed by atoms with Crippen LogP contribution >= 0.6 is 11.6 Å². The Kier molecular flexibility index (Phi) is 5.79. The van der Waals surface area contributed by atoms with Gasteiger partial charge in [-0.25, -0.2) is 13.6 Å². The van der Waals surface area contributed by atoms with E-state index in [2.05, 4.69) is 10.1 Å². The van der Waals surface area contributed by atoms with Crippen molar-refractivity contribution in [3.05, 3.63) is 93.7 Å². The Morgan fingerprint density at radius 1 is 1.03 bits per heavy atom. The van der Waals surface area contributed by atoms with E-state index in [1.807, 2.05) is 0 Å². The molecule has 162 valence electrons. The highest BCUT2D eigenvalue weighted by Gasteiger charge is 2.18. The maximum atomic E-state index is 14.2. The van der Waals surface area contributed by atoms with E-state index in [-0.39, 0.29) is 21.9 Å². The van der Waals surface area contributed by atoms with Crippen LogP contribution in [0.1, 0.15) is 0 Å². The molecule has 1 aromatic heterocycles. The number of nitrogens with zero attached hydrogens (tertiary/aromatic N) is 1. The van der Waals surface area contributed by atoms with Crippen LogP contribution < -0.4 is 15.5 Å². The Morgan fingerprint density at radius 3 is 2.47 bits per heavy atom. The van der Waals surface area contributed by atoms with Gasteiger partial charge >= 0.3 is 6.09 Å². The minimum absolute atomic E-state index is 0.0503. The summed E-state index contributed by atoms with van der Waals surface area (Å²) in [5.74, 6) is -2.33. The molecule has 0 saturated heterocycles. The third-order valence-corrected chi connectivity index (χ3v) is 4.92. The highest BCUT2D eigenvalue weighted by atomic mass is 35.5. The van der Waals surface area contributed by atoms with Gasteiger partial charge in [0.1, 0.15) is 5.02 Å². The number of methoxy groups -OCH3 is 1. The van der Waals surface area contributed by atoms with Gasteiger partial charge in [-0.05, 0) is 42.5 Å². The van der Waals surface area contributed by atoms with Crippen molar-refractivity contribution in [1.82, 2.24) is 4.57 Å². The highest BCUT2D eigenvalue weighted by Crippen LogP contribution is 2.35.